The third-order valence-corrected chi connectivity index (χ3v) is 2.62. The van der Waals surface area contributed by atoms with Crippen LogP contribution in [-0.4, -0.2) is 41.4 Å². The van der Waals surface area contributed by atoms with Crippen molar-refractivity contribution in [2.45, 2.75) is 18.9 Å². The lowest BCUT2D eigenvalue weighted by Crippen LogP contribution is -2.36. The Morgan fingerprint density at radius 2 is 2.50 bits per heavy atom. The van der Waals surface area contributed by atoms with Crippen molar-refractivity contribution in [2.75, 3.05) is 24.6 Å². The number of alkyl halides is 1. The van der Waals surface area contributed by atoms with E-state index in [-0.39, 0.29) is 5.91 Å². The van der Waals surface area contributed by atoms with Crippen LogP contribution in [0.4, 0.5) is 0 Å². The second kappa shape index (κ2) is 5.01. The number of hydrogen-bond acceptors (Lipinski definition) is 2. The fraction of sp³-hybridized carbons (Fsp3) is 0.875. The number of likely N-dealkylation sites (tertiary alicyclic amines) is 1. The van der Waals surface area contributed by atoms with E-state index in [2.05, 4.69) is 39.9 Å². The summed E-state index contributed by atoms with van der Waals surface area (Å²) in [6, 6.07) is 0.394. The number of hydrogen-bond donors (Lipinski definition) is 1. The van der Waals surface area contributed by atoms with Crippen LogP contribution in [0.2, 0.25) is 0 Å². The molecule has 4 heteroatoms. The number of carbonyl (C=O) groups excluding carboxylic acids is 1. The molecule has 0 radical (unpaired) electrons. The minimum atomic E-state index is 0.199. The number of carbonyl (C=O) groups is 1. The number of likely N-dealkylation sites (N-methyl/N-ethyl adjacent to an activating group) is 1. The van der Waals surface area contributed by atoms with E-state index in [0.717, 1.165) is 23.9 Å². The molecule has 0 spiro atoms. The Morgan fingerprint density at radius 1 is 1.75 bits per heavy atom. The summed E-state index contributed by atoms with van der Waals surface area (Å²) in [5.74, 6) is 0.199. The first-order valence-electron chi connectivity index (χ1n) is 4.26. The van der Waals surface area contributed by atoms with Gasteiger partial charge in [-0.1, -0.05) is 22.6 Å². The van der Waals surface area contributed by atoms with Crippen LogP contribution in [0.25, 0.3) is 0 Å². The quantitative estimate of drug-likeness (QED) is 0.608. The molecule has 0 aliphatic carbocycles. The first kappa shape index (κ1) is 10.2. The Bertz CT molecular complexity index is 163. The Kier molecular flexibility index (Phi) is 4.28. The molecule has 1 aliphatic rings. The van der Waals surface area contributed by atoms with Gasteiger partial charge in [0.2, 0.25) is 5.91 Å². The summed E-state index contributed by atoms with van der Waals surface area (Å²) in [5.41, 5.74) is 0. The zero-order valence-electron chi connectivity index (χ0n) is 7.35. The largest absolute Gasteiger partial charge is 0.352 e. The summed E-state index contributed by atoms with van der Waals surface area (Å²) in [6.07, 6.45) is 1.75. The standard InChI is InChI=1S/C8H15IN2O/c1-11-5-3-7(6-11)10-8(12)2-4-9/h7H,2-6H2,1H3,(H,10,12)/t7-/m1/s1. The van der Waals surface area contributed by atoms with Crippen LogP contribution in [0.1, 0.15) is 12.8 Å². The minimum Gasteiger partial charge on any atom is -0.352 e. The van der Waals surface area contributed by atoms with Crippen LogP contribution in [-0.2, 0) is 4.79 Å². The highest BCUT2D eigenvalue weighted by Gasteiger charge is 2.20. The van der Waals surface area contributed by atoms with Gasteiger partial charge in [0.1, 0.15) is 0 Å². The highest BCUT2D eigenvalue weighted by Crippen LogP contribution is 2.06. The van der Waals surface area contributed by atoms with Crippen molar-refractivity contribution in [1.29, 1.82) is 0 Å². The number of rotatable bonds is 3. The van der Waals surface area contributed by atoms with Gasteiger partial charge in [0, 0.05) is 23.4 Å². The molecule has 1 saturated heterocycles. The lowest BCUT2D eigenvalue weighted by Gasteiger charge is -2.11. The van der Waals surface area contributed by atoms with Crippen molar-refractivity contribution in [3.8, 4) is 0 Å². The number of amides is 1. The summed E-state index contributed by atoms with van der Waals surface area (Å²) in [7, 11) is 2.09. The van der Waals surface area contributed by atoms with Gasteiger partial charge in [-0.2, -0.15) is 0 Å². The normalized spacial score (nSPS) is 24.3. The topological polar surface area (TPSA) is 32.3 Å². The molecular weight excluding hydrogens is 267 g/mol. The molecular formula is C8H15IN2O. The molecule has 0 aromatic carbocycles. The van der Waals surface area contributed by atoms with Gasteiger partial charge in [-0.25, -0.2) is 0 Å². The Labute approximate surface area is 87.0 Å². The molecule has 12 heavy (non-hydrogen) atoms. The Hall–Kier alpha value is 0.160. The van der Waals surface area contributed by atoms with Crippen molar-refractivity contribution >= 4 is 28.5 Å². The lowest BCUT2D eigenvalue weighted by atomic mass is 10.2. The van der Waals surface area contributed by atoms with E-state index in [1.54, 1.807) is 0 Å². The number of nitrogens with zero attached hydrogens (tertiary/aromatic N) is 1. The summed E-state index contributed by atoms with van der Waals surface area (Å²) in [4.78, 5) is 13.4. The van der Waals surface area contributed by atoms with Crippen LogP contribution >= 0.6 is 22.6 Å². The van der Waals surface area contributed by atoms with Gasteiger partial charge in [0.15, 0.2) is 0 Å². The van der Waals surface area contributed by atoms with Crippen LogP contribution < -0.4 is 5.32 Å². The van der Waals surface area contributed by atoms with Gasteiger partial charge in [0.25, 0.3) is 0 Å². The molecule has 1 amide bonds. The van der Waals surface area contributed by atoms with Crippen molar-refractivity contribution in [2.24, 2.45) is 0 Å². The number of halogens is 1. The number of nitrogens with one attached hydrogen (secondary N) is 1. The summed E-state index contributed by atoms with van der Waals surface area (Å²) in [5, 5.41) is 3.02. The SMILES string of the molecule is CN1CC[C@@H](NC(=O)CCI)C1. The van der Waals surface area contributed by atoms with Gasteiger partial charge in [-0.15, -0.1) is 0 Å². The maximum absolute atomic E-state index is 11.2. The Morgan fingerprint density at radius 3 is 3.00 bits per heavy atom. The van der Waals surface area contributed by atoms with Gasteiger partial charge < -0.3 is 10.2 Å². The fourth-order valence-electron chi connectivity index (χ4n) is 1.44. The van der Waals surface area contributed by atoms with E-state index in [1.165, 1.54) is 0 Å². The molecule has 1 atom stereocenters. The summed E-state index contributed by atoms with van der Waals surface area (Å²) < 4.78 is 0.909. The monoisotopic (exact) mass is 282 g/mol. The second-order valence-corrected chi connectivity index (χ2v) is 4.33. The molecule has 0 aromatic heterocycles. The van der Waals surface area contributed by atoms with Gasteiger partial charge in [0.05, 0.1) is 0 Å². The zero-order chi connectivity index (χ0) is 8.97. The third-order valence-electron chi connectivity index (χ3n) is 2.08. The van der Waals surface area contributed by atoms with Crippen molar-refractivity contribution < 1.29 is 4.79 Å². The maximum Gasteiger partial charge on any atom is 0.221 e. The molecule has 0 bridgehead atoms. The second-order valence-electron chi connectivity index (χ2n) is 3.25. The molecule has 3 nitrogen and oxygen atoms in total. The summed E-state index contributed by atoms with van der Waals surface area (Å²) in [6.45, 7) is 2.11. The fourth-order valence-corrected chi connectivity index (χ4v) is 1.93. The van der Waals surface area contributed by atoms with Gasteiger partial charge >= 0.3 is 0 Å². The van der Waals surface area contributed by atoms with Crippen molar-refractivity contribution in [3.05, 3.63) is 0 Å². The van der Waals surface area contributed by atoms with E-state index in [9.17, 15) is 4.79 Å². The average Bonchev–Trinajstić information content (AvgIpc) is 2.36. The molecule has 70 valence electrons. The average molecular weight is 282 g/mol. The molecule has 0 aromatic rings. The zero-order valence-corrected chi connectivity index (χ0v) is 9.50. The first-order valence-corrected chi connectivity index (χ1v) is 5.79. The highest BCUT2D eigenvalue weighted by molar-refractivity contribution is 14.1. The smallest absolute Gasteiger partial charge is 0.221 e. The molecule has 1 aliphatic heterocycles. The van der Waals surface area contributed by atoms with E-state index in [1.807, 2.05) is 0 Å². The van der Waals surface area contributed by atoms with Crippen LogP contribution in [0.5, 0.6) is 0 Å². The van der Waals surface area contributed by atoms with Gasteiger partial charge in [-0.3, -0.25) is 4.79 Å². The van der Waals surface area contributed by atoms with Crippen molar-refractivity contribution in [1.82, 2.24) is 10.2 Å². The van der Waals surface area contributed by atoms with Crippen LogP contribution in [0, 0.1) is 0 Å². The molecule has 0 unspecified atom stereocenters. The van der Waals surface area contributed by atoms with Crippen LogP contribution in [0.3, 0.4) is 0 Å². The summed E-state index contributed by atoms with van der Waals surface area (Å²) >= 11 is 2.22. The van der Waals surface area contributed by atoms with E-state index in [0.29, 0.717) is 12.5 Å². The maximum atomic E-state index is 11.2. The van der Waals surface area contributed by atoms with E-state index < -0.39 is 0 Å². The minimum absolute atomic E-state index is 0.199. The van der Waals surface area contributed by atoms with E-state index >= 15 is 0 Å². The third kappa shape index (κ3) is 3.26. The van der Waals surface area contributed by atoms with E-state index in [4.69, 9.17) is 0 Å². The van der Waals surface area contributed by atoms with Crippen molar-refractivity contribution in [3.63, 3.8) is 0 Å². The lowest BCUT2D eigenvalue weighted by molar-refractivity contribution is -0.121. The predicted molar refractivity (Wildman–Crippen MR) is 57.5 cm³/mol. The van der Waals surface area contributed by atoms with Crippen LogP contribution in [0.15, 0.2) is 0 Å². The first-order chi connectivity index (χ1) is 5.72. The molecule has 1 fully saturated rings. The molecule has 1 rings (SSSR count). The molecule has 1 heterocycles. The van der Waals surface area contributed by atoms with Gasteiger partial charge in [-0.05, 0) is 20.0 Å². The predicted octanol–water partition coefficient (Wildman–Crippen LogP) is 0.632. The molecule has 1 N–H and O–H groups in total. The Balaban J connectivity index is 2.18. The molecule has 0 saturated carbocycles. The highest BCUT2D eigenvalue weighted by atomic mass is 127.